The van der Waals surface area contributed by atoms with Crippen LogP contribution in [0.15, 0.2) is 71.8 Å². The second kappa shape index (κ2) is 8.48. The van der Waals surface area contributed by atoms with Crippen molar-refractivity contribution in [2.24, 2.45) is 0 Å². The molecular formula is C20H15ClFN3O2S. The van der Waals surface area contributed by atoms with Crippen molar-refractivity contribution < 1.29 is 12.8 Å². The highest BCUT2D eigenvalue weighted by Crippen LogP contribution is 2.23. The summed E-state index contributed by atoms with van der Waals surface area (Å²) in [6.07, 6.45) is 1.56. The molecule has 0 saturated carbocycles. The van der Waals surface area contributed by atoms with Gasteiger partial charge in [0.2, 0.25) is 10.0 Å². The first-order valence-electron chi connectivity index (χ1n) is 8.24. The van der Waals surface area contributed by atoms with E-state index in [0.29, 0.717) is 10.7 Å². The molecule has 0 bridgehead atoms. The molecule has 0 unspecified atom stereocenters. The highest BCUT2D eigenvalue weighted by Gasteiger charge is 2.26. The Labute approximate surface area is 167 Å². The Bertz CT molecular complexity index is 1110. The standard InChI is InChI=1S/C20H15ClFN3O2S/c21-17-6-8-19(9-7-17)28(26,27)25(14-18-3-1-2-10-24-18)13-16-5-4-15(12-23)11-20(16)22/h1-11H,13-14H2. The molecule has 1 aromatic heterocycles. The van der Waals surface area contributed by atoms with E-state index in [4.69, 9.17) is 16.9 Å². The van der Waals surface area contributed by atoms with Gasteiger partial charge < -0.3 is 0 Å². The fourth-order valence-electron chi connectivity index (χ4n) is 2.59. The van der Waals surface area contributed by atoms with Gasteiger partial charge in [-0.1, -0.05) is 23.7 Å². The second-order valence-corrected chi connectivity index (χ2v) is 8.34. The summed E-state index contributed by atoms with van der Waals surface area (Å²) >= 11 is 5.86. The minimum Gasteiger partial charge on any atom is -0.260 e. The van der Waals surface area contributed by atoms with Crippen molar-refractivity contribution in [3.8, 4) is 6.07 Å². The van der Waals surface area contributed by atoms with E-state index in [1.807, 2.05) is 6.07 Å². The lowest BCUT2D eigenvalue weighted by molar-refractivity contribution is 0.390. The van der Waals surface area contributed by atoms with Crippen LogP contribution in [0.25, 0.3) is 0 Å². The number of sulfonamides is 1. The summed E-state index contributed by atoms with van der Waals surface area (Å²) in [5.74, 6) is -0.642. The first kappa shape index (κ1) is 20.0. The Kier molecular flexibility index (Phi) is 6.05. The molecule has 2 aromatic carbocycles. The number of hydrogen-bond donors (Lipinski definition) is 0. The van der Waals surface area contributed by atoms with Gasteiger partial charge in [0.25, 0.3) is 0 Å². The van der Waals surface area contributed by atoms with Gasteiger partial charge in [0.1, 0.15) is 5.82 Å². The van der Waals surface area contributed by atoms with Crippen LogP contribution in [0.4, 0.5) is 4.39 Å². The lowest BCUT2D eigenvalue weighted by atomic mass is 10.1. The van der Waals surface area contributed by atoms with Crippen molar-refractivity contribution in [1.29, 1.82) is 5.26 Å². The van der Waals surface area contributed by atoms with Crippen molar-refractivity contribution in [3.63, 3.8) is 0 Å². The van der Waals surface area contributed by atoms with Crippen molar-refractivity contribution in [3.05, 3.63) is 94.5 Å². The minimum atomic E-state index is -3.94. The van der Waals surface area contributed by atoms with E-state index in [1.54, 1.807) is 24.4 Å². The second-order valence-electron chi connectivity index (χ2n) is 5.97. The maximum Gasteiger partial charge on any atom is 0.243 e. The van der Waals surface area contributed by atoms with Gasteiger partial charge in [-0.15, -0.1) is 0 Å². The van der Waals surface area contributed by atoms with Crippen LogP contribution in [0.5, 0.6) is 0 Å². The van der Waals surface area contributed by atoms with E-state index < -0.39 is 15.8 Å². The van der Waals surface area contributed by atoms with Gasteiger partial charge in [0, 0.05) is 23.3 Å². The summed E-state index contributed by atoms with van der Waals surface area (Å²) < 4.78 is 41.9. The minimum absolute atomic E-state index is 0.0365. The lowest BCUT2D eigenvalue weighted by Gasteiger charge is -2.22. The molecule has 1 heterocycles. The Morgan fingerprint density at radius 3 is 2.43 bits per heavy atom. The molecule has 0 aliphatic rings. The molecule has 3 aromatic rings. The van der Waals surface area contributed by atoms with Crippen molar-refractivity contribution in [2.75, 3.05) is 0 Å². The average molecular weight is 416 g/mol. The lowest BCUT2D eigenvalue weighted by Crippen LogP contribution is -2.31. The first-order valence-corrected chi connectivity index (χ1v) is 10.1. The van der Waals surface area contributed by atoms with E-state index in [0.717, 1.165) is 10.4 Å². The van der Waals surface area contributed by atoms with E-state index >= 15 is 0 Å². The van der Waals surface area contributed by atoms with Crippen LogP contribution in [0, 0.1) is 17.1 Å². The highest BCUT2D eigenvalue weighted by atomic mass is 35.5. The Balaban J connectivity index is 2.00. The van der Waals surface area contributed by atoms with Gasteiger partial charge in [0.15, 0.2) is 0 Å². The first-order chi connectivity index (χ1) is 13.4. The summed E-state index contributed by atoms with van der Waals surface area (Å²) in [4.78, 5) is 4.21. The Hall–Kier alpha value is -2.79. The number of nitriles is 1. The zero-order valence-electron chi connectivity index (χ0n) is 14.6. The number of pyridine rings is 1. The van der Waals surface area contributed by atoms with Crippen LogP contribution in [-0.4, -0.2) is 17.7 Å². The molecule has 0 N–H and O–H groups in total. The molecular weight excluding hydrogens is 401 g/mol. The Morgan fingerprint density at radius 1 is 1.07 bits per heavy atom. The normalized spacial score (nSPS) is 11.4. The average Bonchev–Trinajstić information content (AvgIpc) is 2.70. The number of aromatic nitrogens is 1. The molecule has 3 rings (SSSR count). The largest absolute Gasteiger partial charge is 0.260 e. The number of nitrogens with zero attached hydrogens (tertiary/aromatic N) is 3. The summed E-state index contributed by atoms with van der Waals surface area (Å²) in [5, 5.41) is 9.30. The third-order valence-corrected chi connectivity index (χ3v) is 6.10. The SMILES string of the molecule is N#Cc1ccc(CN(Cc2ccccn2)S(=O)(=O)c2ccc(Cl)cc2)c(F)c1. The molecule has 5 nitrogen and oxygen atoms in total. The Morgan fingerprint density at radius 2 is 1.82 bits per heavy atom. The van der Waals surface area contributed by atoms with E-state index in [1.165, 1.54) is 36.4 Å². The van der Waals surface area contributed by atoms with Gasteiger partial charge in [-0.2, -0.15) is 9.57 Å². The number of halogens is 2. The van der Waals surface area contributed by atoms with Gasteiger partial charge in [0.05, 0.1) is 28.8 Å². The number of benzene rings is 2. The van der Waals surface area contributed by atoms with Crippen LogP contribution in [0.2, 0.25) is 5.02 Å². The molecule has 0 aliphatic heterocycles. The van der Waals surface area contributed by atoms with Crippen molar-refractivity contribution in [1.82, 2.24) is 9.29 Å². The van der Waals surface area contributed by atoms with Crippen LogP contribution in [0.1, 0.15) is 16.8 Å². The molecule has 0 saturated heterocycles. The van der Waals surface area contributed by atoms with Crippen LogP contribution in [-0.2, 0) is 23.1 Å². The summed E-state index contributed by atoms with van der Waals surface area (Å²) in [5.41, 5.74) is 0.847. The van der Waals surface area contributed by atoms with Gasteiger partial charge in [-0.3, -0.25) is 4.98 Å². The molecule has 8 heteroatoms. The molecule has 0 fully saturated rings. The van der Waals surface area contributed by atoms with Gasteiger partial charge in [-0.05, 0) is 48.5 Å². The smallest absolute Gasteiger partial charge is 0.243 e. The monoisotopic (exact) mass is 415 g/mol. The van der Waals surface area contributed by atoms with Crippen LogP contribution < -0.4 is 0 Å². The molecule has 0 radical (unpaired) electrons. The molecule has 28 heavy (non-hydrogen) atoms. The van der Waals surface area contributed by atoms with Crippen molar-refractivity contribution >= 4 is 21.6 Å². The summed E-state index contributed by atoms with van der Waals surface area (Å²) in [7, 11) is -3.94. The van der Waals surface area contributed by atoms with E-state index in [9.17, 15) is 12.8 Å². The fraction of sp³-hybridized carbons (Fsp3) is 0.100. The molecule has 0 amide bonds. The topological polar surface area (TPSA) is 74.1 Å². The summed E-state index contributed by atoms with van der Waals surface area (Å²) in [6, 6.07) is 16.7. The fourth-order valence-corrected chi connectivity index (χ4v) is 4.10. The maximum absolute atomic E-state index is 14.4. The predicted octanol–water partition coefficient (Wildman–Crippen LogP) is 4.14. The van der Waals surface area contributed by atoms with Crippen molar-refractivity contribution in [2.45, 2.75) is 18.0 Å². The number of hydrogen-bond acceptors (Lipinski definition) is 4. The third-order valence-electron chi connectivity index (χ3n) is 4.04. The third kappa shape index (κ3) is 4.54. The molecule has 0 aliphatic carbocycles. The quantitative estimate of drug-likeness (QED) is 0.606. The molecule has 0 spiro atoms. The highest BCUT2D eigenvalue weighted by molar-refractivity contribution is 7.89. The number of rotatable bonds is 6. The summed E-state index contributed by atoms with van der Waals surface area (Å²) in [6.45, 7) is -0.246. The zero-order valence-corrected chi connectivity index (χ0v) is 16.2. The van der Waals surface area contributed by atoms with E-state index in [2.05, 4.69) is 4.98 Å². The van der Waals surface area contributed by atoms with Crippen LogP contribution in [0.3, 0.4) is 0 Å². The van der Waals surface area contributed by atoms with Crippen LogP contribution >= 0.6 is 11.6 Å². The molecule has 0 atom stereocenters. The zero-order chi connectivity index (χ0) is 20.1. The maximum atomic E-state index is 14.4. The molecule has 142 valence electrons. The van der Waals surface area contributed by atoms with Gasteiger partial charge in [-0.25, -0.2) is 12.8 Å². The van der Waals surface area contributed by atoms with Gasteiger partial charge >= 0.3 is 0 Å². The predicted molar refractivity (Wildman–Crippen MR) is 103 cm³/mol. The van der Waals surface area contributed by atoms with E-state index in [-0.39, 0.29) is 29.1 Å².